The van der Waals surface area contributed by atoms with Crippen molar-refractivity contribution in [1.82, 2.24) is 14.8 Å². The summed E-state index contributed by atoms with van der Waals surface area (Å²) in [6, 6.07) is 12.3. The van der Waals surface area contributed by atoms with Gasteiger partial charge in [0.1, 0.15) is 12.7 Å². The highest BCUT2D eigenvalue weighted by molar-refractivity contribution is 6.04. The number of hydrogen-bond acceptors (Lipinski definition) is 5. The normalized spacial score (nSPS) is 10.2. The molecule has 3 rings (SSSR count). The first-order chi connectivity index (χ1) is 11.7. The minimum Gasteiger partial charge on any atom is -0.493 e. The van der Waals surface area contributed by atoms with E-state index in [9.17, 15) is 4.79 Å². The minimum atomic E-state index is -0.232. The maximum Gasteiger partial charge on any atom is 0.255 e. The average molecular weight is 324 g/mol. The summed E-state index contributed by atoms with van der Waals surface area (Å²) in [5.74, 6) is 0.849. The molecule has 3 aromatic rings. The Hall–Kier alpha value is -3.35. The zero-order chi connectivity index (χ0) is 16.9. The van der Waals surface area contributed by atoms with Gasteiger partial charge in [0.05, 0.1) is 19.9 Å². The van der Waals surface area contributed by atoms with Crippen molar-refractivity contribution in [2.24, 2.45) is 0 Å². The number of carbonyl (C=O) groups is 1. The van der Waals surface area contributed by atoms with Gasteiger partial charge in [-0.15, -0.1) is 0 Å². The highest BCUT2D eigenvalue weighted by Crippen LogP contribution is 2.27. The first-order valence-corrected chi connectivity index (χ1v) is 7.19. The van der Waals surface area contributed by atoms with Crippen LogP contribution >= 0.6 is 0 Å². The van der Waals surface area contributed by atoms with E-state index in [0.29, 0.717) is 22.7 Å². The van der Waals surface area contributed by atoms with Crippen LogP contribution in [0.5, 0.6) is 11.5 Å². The number of rotatable bonds is 5. The second-order valence-electron chi connectivity index (χ2n) is 4.91. The number of aromatic nitrogens is 3. The van der Waals surface area contributed by atoms with Gasteiger partial charge in [0, 0.05) is 11.3 Å². The number of anilines is 1. The fourth-order valence-electron chi connectivity index (χ4n) is 2.22. The standard InChI is InChI=1S/C17H16N4O3/c1-23-15-8-3-12(9-16(15)24-2)17(22)20-13-4-6-14(7-5-13)21-11-18-10-19-21/h3-11H,1-2H3,(H,20,22). The van der Waals surface area contributed by atoms with Crippen LogP contribution in [-0.4, -0.2) is 34.9 Å². The van der Waals surface area contributed by atoms with Crippen LogP contribution in [0.2, 0.25) is 0 Å². The molecule has 0 saturated heterocycles. The molecule has 0 aliphatic rings. The number of hydrogen-bond donors (Lipinski definition) is 1. The molecule has 0 aliphatic carbocycles. The molecule has 7 heteroatoms. The van der Waals surface area contributed by atoms with Gasteiger partial charge in [-0.05, 0) is 42.5 Å². The Morgan fingerprint density at radius 3 is 2.42 bits per heavy atom. The topological polar surface area (TPSA) is 78.3 Å². The third-order valence-electron chi connectivity index (χ3n) is 3.45. The largest absolute Gasteiger partial charge is 0.493 e. The van der Waals surface area contributed by atoms with Gasteiger partial charge < -0.3 is 14.8 Å². The Morgan fingerprint density at radius 1 is 1.04 bits per heavy atom. The highest BCUT2D eigenvalue weighted by Gasteiger charge is 2.11. The molecular formula is C17H16N4O3. The van der Waals surface area contributed by atoms with Gasteiger partial charge in [-0.1, -0.05) is 0 Å². The number of nitrogens with zero attached hydrogens (tertiary/aromatic N) is 3. The van der Waals surface area contributed by atoms with Crippen LogP contribution in [-0.2, 0) is 0 Å². The Kier molecular flexibility index (Phi) is 4.42. The van der Waals surface area contributed by atoms with Crippen molar-refractivity contribution in [3.63, 3.8) is 0 Å². The van der Waals surface area contributed by atoms with E-state index in [0.717, 1.165) is 5.69 Å². The predicted molar refractivity (Wildman–Crippen MR) is 88.9 cm³/mol. The maximum absolute atomic E-state index is 12.4. The van der Waals surface area contributed by atoms with E-state index < -0.39 is 0 Å². The van der Waals surface area contributed by atoms with Gasteiger partial charge in [0.2, 0.25) is 0 Å². The van der Waals surface area contributed by atoms with Crippen molar-refractivity contribution < 1.29 is 14.3 Å². The summed E-state index contributed by atoms with van der Waals surface area (Å²) >= 11 is 0. The summed E-state index contributed by atoms with van der Waals surface area (Å²) in [6.07, 6.45) is 3.07. The summed E-state index contributed by atoms with van der Waals surface area (Å²) < 4.78 is 12.0. The number of nitrogens with one attached hydrogen (secondary N) is 1. The van der Waals surface area contributed by atoms with Crippen molar-refractivity contribution in [2.45, 2.75) is 0 Å². The molecule has 0 aliphatic heterocycles. The molecule has 2 aromatic carbocycles. The average Bonchev–Trinajstić information content (AvgIpc) is 3.16. The molecule has 0 unspecified atom stereocenters. The molecule has 0 spiro atoms. The van der Waals surface area contributed by atoms with Crippen LogP contribution in [0, 0.1) is 0 Å². The van der Waals surface area contributed by atoms with Crippen LogP contribution in [0.25, 0.3) is 5.69 Å². The lowest BCUT2D eigenvalue weighted by Crippen LogP contribution is -2.12. The molecule has 0 bridgehead atoms. The second-order valence-corrected chi connectivity index (χ2v) is 4.91. The van der Waals surface area contributed by atoms with Crippen LogP contribution in [0.3, 0.4) is 0 Å². The third kappa shape index (κ3) is 3.19. The number of methoxy groups -OCH3 is 2. The van der Waals surface area contributed by atoms with E-state index in [-0.39, 0.29) is 5.91 Å². The zero-order valence-corrected chi connectivity index (χ0v) is 13.3. The number of amides is 1. The van der Waals surface area contributed by atoms with E-state index in [4.69, 9.17) is 9.47 Å². The first-order valence-electron chi connectivity index (χ1n) is 7.19. The first kappa shape index (κ1) is 15.5. The predicted octanol–water partition coefficient (Wildman–Crippen LogP) is 2.54. The van der Waals surface area contributed by atoms with Gasteiger partial charge >= 0.3 is 0 Å². The quantitative estimate of drug-likeness (QED) is 0.780. The van der Waals surface area contributed by atoms with Crippen molar-refractivity contribution in [1.29, 1.82) is 0 Å². The number of benzene rings is 2. The Bertz CT molecular complexity index is 830. The van der Waals surface area contributed by atoms with Gasteiger partial charge in [-0.2, -0.15) is 5.10 Å². The van der Waals surface area contributed by atoms with Crippen molar-refractivity contribution >= 4 is 11.6 Å². The maximum atomic E-state index is 12.4. The molecule has 0 fully saturated rings. The van der Waals surface area contributed by atoms with Gasteiger partial charge in [-0.3, -0.25) is 4.79 Å². The van der Waals surface area contributed by atoms with Crippen LogP contribution in [0.1, 0.15) is 10.4 Å². The fraction of sp³-hybridized carbons (Fsp3) is 0.118. The SMILES string of the molecule is COc1ccc(C(=O)Nc2ccc(-n3cncn3)cc2)cc1OC. The van der Waals surface area contributed by atoms with E-state index >= 15 is 0 Å². The van der Waals surface area contributed by atoms with Crippen molar-refractivity contribution in [2.75, 3.05) is 19.5 Å². The molecule has 24 heavy (non-hydrogen) atoms. The van der Waals surface area contributed by atoms with Crippen LogP contribution < -0.4 is 14.8 Å². The molecule has 1 aromatic heterocycles. The van der Waals surface area contributed by atoms with E-state index in [1.165, 1.54) is 13.4 Å². The Labute approximate surface area is 138 Å². The summed E-state index contributed by atoms with van der Waals surface area (Å²) in [5.41, 5.74) is 2.02. The molecule has 1 N–H and O–H groups in total. The molecule has 7 nitrogen and oxygen atoms in total. The third-order valence-corrected chi connectivity index (χ3v) is 3.45. The second kappa shape index (κ2) is 6.82. The summed E-state index contributed by atoms with van der Waals surface area (Å²) in [7, 11) is 3.08. The Morgan fingerprint density at radius 2 is 1.79 bits per heavy atom. The van der Waals surface area contributed by atoms with Gasteiger partial charge in [0.25, 0.3) is 5.91 Å². The van der Waals surface area contributed by atoms with Crippen LogP contribution in [0.4, 0.5) is 5.69 Å². The summed E-state index contributed by atoms with van der Waals surface area (Å²) in [6.45, 7) is 0. The fourth-order valence-corrected chi connectivity index (χ4v) is 2.22. The van der Waals surface area contributed by atoms with E-state index in [1.54, 1.807) is 48.5 Å². The number of ether oxygens (including phenoxy) is 2. The molecule has 0 radical (unpaired) electrons. The molecule has 1 heterocycles. The highest BCUT2D eigenvalue weighted by atomic mass is 16.5. The van der Waals surface area contributed by atoms with E-state index in [1.807, 2.05) is 12.1 Å². The summed E-state index contributed by atoms with van der Waals surface area (Å²) in [4.78, 5) is 16.3. The van der Waals surface area contributed by atoms with Crippen molar-refractivity contribution in [3.8, 4) is 17.2 Å². The molecular weight excluding hydrogens is 308 g/mol. The van der Waals surface area contributed by atoms with Crippen LogP contribution in [0.15, 0.2) is 55.1 Å². The Balaban J connectivity index is 1.75. The van der Waals surface area contributed by atoms with E-state index in [2.05, 4.69) is 15.4 Å². The minimum absolute atomic E-state index is 0.232. The molecule has 0 saturated carbocycles. The summed E-state index contributed by atoms with van der Waals surface area (Å²) in [5, 5.41) is 6.89. The number of carbonyl (C=O) groups excluding carboxylic acids is 1. The zero-order valence-electron chi connectivity index (χ0n) is 13.3. The molecule has 122 valence electrons. The van der Waals surface area contributed by atoms with Crippen molar-refractivity contribution in [3.05, 3.63) is 60.7 Å². The lowest BCUT2D eigenvalue weighted by molar-refractivity contribution is 0.102. The molecule has 0 atom stereocenters. The monoisotopic (exact) mass is 324 g/mol. The lowest BCUT2D eigenvalue weighted by Gasteiger charge is -2.10. The smallest absolute Gasteiger partial charge is 0.255 e. The lowest BCUT2D eigenvalue weighted by atomic mass is 10.2. The van der Waals surface area contributed by atoms with Gasteiger partial charge in [0.15, 0.2) is 11.5 Å². The molecule has 1 amide bonds. The van der Waals surface area contributed by atoms with Gasteiger partial charge in [-0.25, -0.2) is 9.67 Å².